The van der Waals surface area contributed by atoms with Crippen LogP contribution in [0.25, 0.3) is 9.75 Å². The van der Waals surface area contributed by atoms with Gasteiger partial charge in [0.25, 0.3) is 0 Å². The van der Waals surface area contributed by atoms with Gasteiger partial charge in [0.05, 0.1) is 0 Å². The second-order valence-electron chi connectivity index (χ2n) is 16.2. The average Bonchev–Trinajstić information content (AvgIpc) is 3.48. The summed E-state index contributed by atoms with van der Waals surface area (Å²) in [5, 5.41) is 0. The zero-order valence-corrected chi connectivity index (χ0v) is 35.2. The van der Waals surface area contributed by atoms with Crippen LogP contribution in [0.1, 0.15) is 117 Å². The summed E-state index contributed by atoms with van der Waals surface area (Å²) >= 11 is 0.147. The summed E-state index contributed by atoms with van der Waals surface area (Å²) in [6.45, 7) is 14.6. The molecule has 0 saturated heterocycles. The molecule has 1 aliphatic rings. The predicted octanol–water partition coefficient (Wildman–Crippen LogP) is 11.7. The topological polar surface area (TPSA) is 0 Å². The van der Waals surface area contributed by atoms with Crippen molar-refractivity contribution in [1.29, 1.82) is 0 Å². The molecule has 3 rings (SSSR count). The van der Waals surface area contributed by atoms with Gasteiger partial charge in [-0.3, -0.25) is 0 Å². The van der Waals surface area contributed by atoms with Crippen LogP contribution >= 0.6 is 22.7 Å². The number of hydrogen-bond donors (Lipinski definition) is 0. The fraction of sp³-hybridized carbons (Fsp3) is 0.771. The van der Waals surface area contributed by atoms with Crippen molar-refractivity contribution in [1.82, 2.24) is 0 Å². The van der Waals surface area contributed by atoms with Crippen molar-refractivity contribution < 1.29 is 0 Å². The summed E-state index contributed by atoms with van der Waals surface area (Å²) in [6, 6.07) is 5.55. The van der Waals surface area contributed by atoms with Gasteiger partial charge in [-0.25, -0.2) is 0 Å². The van der Waals surface area contributed by atoms with Gasteiger partial charge < -0.3 is 0 Å². The summed E-state index contributed by atoms with van der Waals surface area (Å²) in [6.07, 6.45) is 13.9. The molecule has 0 N–H and O–H groups in total. The van der Waals surface area contributed by atoms with E-state index in [-0.39, 0.29) is 5.41 Å². The van der Waals surface area contributed by atoms with E-state index in [1.165, 1.54) is 64.2 Å². The first-order chi connectivity index (χ1) is 18.0. The molecular weight excluding hydrogens is 722 g/mol. The van der Waals surface area contributed by atoms with Crippen LogP contribution in [0.2, 0.25) is 29.6 Å². The van der Waals surface area contributed by atoms with Crippen molar-refractivity contribution in [2.75, 3.05) is 0 Å². The van der Waals surface area contributed by atoms with Crippen LogP contribution in [0.5, 0.6) is 0 Å². The van der Waals surface area contributed by atoms with Gasteiger partial charge in [0.2, 0.25) is 0 Å². The molecule has 0 aliphatic heterocycles. The van der Waals surface area contributed by atoms with Gasteiger partial charge in [0, 0.05) is 0 Å². The van der Waals surface area contributed by atoms with Gasteiger partial charge in [0.15, 0.2) is 0 Å². The van der Waals surface area contributed by atoms with Crippen LogP contribution in [-0.2, 0) is 5.41 Å². The van der Waals surface area contributed by atoms with Crippen molar-refractivity contribution in [2.45, 2.75) is 141 Å². The van der Waals surface area contributed by atoms with Crippen LogP contribution in [0.3, 0.4) is 0 Å². The molecular formula is C35H62S2Sn2. The molecule has 0 spiro atoms. The maximum atomic E-state index is 2.77. The Bertz CT molecular complexity index is 960. The van der Waals surface area contributed by atoms with E-state index in [1.807, 2.05) is 0 Å². The van der Waals surface area contributed by atoms with Gasteiger partial charge >= 0.3 is 263 Å². The first-order valence-corrected chi connectivity index (χ1v) is 38.0. The molecule has 2 aromatic rings. The minimum atomic E-state index is -2.15. The summed E-state index contributed by atoms with van der Waals surface area (Å²) < 4.78 is 3.60. The molecule has 2 aromatic heterocycles. The Labute approximate surface area is 260 Å². The summed E-state index contributed by atoms with van der Waals surface area (Å²) in [4.78, 5) is 19.1. The summed E-state index contributed by atoms with van der Waals surface area (Å²) in [5.41, 5.74) is 3.81. The standard InChI is InChI=1S/C29H44S2.6CH3.2Sn/c1-21(2)9-7-11-23(5)13-17-29(18-14-24(6)12-8-10-22(3)4)25-15-19-30-27(25)28-26(29)16-20-31-28;;;;;;;;/h15-16,21-24H,7-14,17-18H2,1-6H3;6*1H3;;. The van der Waals surface area contributed by atoms with E-state index in [4.69, 9.17) is 0 Å². The van der Waals surface area contributed by atoms with Crippen molar-refractivity contribution in [2.24, 2.45) is 23.7 Å². The maximum absolute atomic E-state index is 2.77. The molecule has 0 saturated carbocycles. The molecule has 0 radical (unpaired) electrons. The Balaban J connectivity index is 1.99. The van der Waals surface area contributed by atoms with E-state index >= 15 is 0 Å². The molecule has 39 heavy (non-hydrogen) atoms. The Morgan fingerprint density at radius 3 is 1.23 bits per heavy atom. The SMILES string of the molecule is CC(C)CCCC(C)CCC1(CCC(C)CCCC(C)C)c2c[c]([Sn]([CH3])([CH3])[CH3])sc2-c2s[c]([Sn]([CH3])([CH3])[CH3])cc21. The Kier molecular flexibility index (Phi) is 12.5. The molecule has 0 aromatic carbocycles. The number of rotatable bonds is 16. The Morgan fingerprint density at radius 2 is 0.923 bits per heavy atom. The van der Waals surface area contributed by atoms with E-state index in [9.17, 15) is 0 Å². The molecule has 222 valence electrons. The molecule has 0 bridgehead atoms. The third-order valence-electron chi connectivity index (χ3n) is 9.26. The average molecular weight is 784 g/mol. The van der Waals surface area contributed by atoms with Gasteiger partial charge in [-0.05, 0) is 0 Å². The van der Waals surface area contributed by atoms with E-state index in [2.05, 4.69) is 106 Å². The summed E-state index contributed by atoms with van der Waals surface area (Å²) in [5.74, 6) is 3.33. The Morgan fingerprint density at radius 1 is 0.564 bits per heavy atom. The van der Waals surface area contributed by atoms with Crippen LogP contribution in [0.4, 0.5) is 0 Å². The van der Waals surface area contributed by atoms with Crippen LogP contribution < -0.4 is 5.79 Å². The van der Waals surface area contributed by atoms with Gasteiger partial charge in [-0.2, -0.15) is 0 Å². The molecule has 2 unspecified atom stereocenters. The van der Waals surface area contributed by atoms with Gasteiger partial charge in [-0.15, -0.1) is 0 Å². The monoisotopic (exact) mass is 786 g/mol. The van der Waals surface area contributed by atoms with E-state index in [0.29, 0.717) is 0 Å². The molecule has 0 fully saturated rings. The van der Waals surface area contributed by atoms with E-state index in [1.54, 1.807) is 26.7 Å². The van der Waals surface area contributed by atoms with Crippen LogP contribution in [0.15, 0.2) is 12.1 Å². The van der Waals surface area contributed by atoms with E-state index < -0.39 is 36.8 Å². The molecule has 1 aliphatic carbocycles. The van der Waals surface area contributed by atoms with E-state index in [0.717, 1.165) is 23.7 Å². The van der Waals surface area contributed by atoms with Gasteiger partial charge in [-0.1, -0.05) is 0 Å². The third-order valence-corrected chi connectivity index (χ3v) is 30.6. The third kappa shape index (κ3) is 9.00. The Hall–Kier alpha value is 0.997. The molecule has 2 atom stereocenters. The van der Waals surface area contributed by atoms with Crippen molar-refractivity contribution in [3.8, 4) is 9.75 Å². The molecule has 0 amide bonds. The van der Waals surface area contributed by atoms with Crippen molar-refractivity contribution in [3.05, 3.63) is 23.3 Å². The van der Waals surface area contributed by atoms with Crippen molar-refractivity contribution >= 4 is 65.2 Å². The predicted molar refractivity (Wildman–Crippen MR) is 189 cm³/mol. The zero-order chi connectivity index (χ0) is 29.2. The van der Waals surface area contributed by atoms with Crippen molar-refractivity contribution in [3.63, 3.8) is 0 Å². The quantitative estimate of drug-likeness (QED) is 0.149. The van der Waals surface area contributed by atoms with Gasteiger partial charge in [0.1, 0.15) is 0 Å². The molecule has 2 heterocycles. The second kappa shape index (κ2) is 14.2. The number of hydrogen-bond acceptors (Lipinski definition) is 2. The number of fused-ring (bicyclic) bond motifs is 3. The molecule has 0 nitrogen and oxygen atoms in total. The number of thiophene rings is 2. The fourth-order valence-corrected chi connectivity index (χ4v) is 19.5. The van der Waals surface area contributed by atoms with Crippen LogP contribution in [-0.4, -0.2) is 36.8 Å². The minimum absolute atomic E-state index is 0.265. The second-order valence-corrected chi connectivity index (χ2v) is 49.2. The van der Waals surface area contributed by atoms with Crippen LogP contribution in [0, 0.1) is 23.7 Å². The first-order valence-electron chi connectivity index (χ1n) is 16.3. The molecule has 4 heteroatoms. The zero-order valence-electron chi connectivity index (χ0n) is 27.9. The summed E-state index contributed by atoms with van der Waals surface area (Å²) in [7, 11) is 0. The first kappa shape index (κ1) is 34.5. The fourth-order valence-electron chi connectivity index (χ4n) is 6.40. The normalized spacial score (nSPS) is 16.7.